The molecule has 0 fully saturated rings. The van der Waals surface area contributed by atoms with Gasteiger partial charge in [-0.15, -0.1) is 0 Å². The van der Waals surface area contributed by atoms with E-state index in [1.807, 2.05) is 55.5 Å². The van der Waals surface area contributed by atoms with E-state index < -0.39 is 0 Å². The minimum absolute atomic E-state index is 0.0253. The molecule has 1 heterocycles. The van der Waals surface area contributed by atoms with Crippen molar-refractivity contribution >= 4 is 33.4 Å². The van der Waals surface area contributed by atoms with Gasteiger partial charge in [-0.1, -0.05) is 28.1 Å². The second-order valence-corrected chi connectivity index (χ2v) is 7.25. The predicted molar refractivity (Wildman–Crippen MR) is 112 cm³/mol. The molecular formula is C21H21BrN4O2. The molecule has 0 radical (unpaired) electrons. The van der Waals surface area contributed by atoms with Crippen molar-refractivity contribution in [3.05, 3.63) is 76.5 Å². The smallest absolute Gasteiger partial charge is 0.258 e. The summed E-state index contributed by atoms with van der Waals surface area (Å²) in [5.41, 5.74) is 2.97. The highest BCUT2D eigenvalue weighted by Gasteiger charge is 2.11. The molecule has 0 aliphatic heterocycles. The first kappa shape index (κ1) is 19.8. The monoisotopic (exact) mass is 440 g/mol. The number of amides is 2. The van der Waals surface area contributed by atoms with Gasteiger partial charge in [0.15, 0.2) is 0 Å². The van der Waals surface area contributed by atoms with Gasteiger partial charge in [-0.25, -0.2) is 4.68 Å². The molecule has 0 spiro atoms. The van der Waals surface area contributed by atoms with Crippen molar-refractivity contribution in [3.8, 4) is 5.69 Å². The number of nitrogens with one attached hydrogen (secondary N) is 1. The number of carbonyl (C=O) groups is 2. The molecule has 0 saturated heterocycles. The van der Waals surface area contributed by atoms with Gasteiger partial charge in [0.25, 0.3) is 5.91 Å². The van der Waals surface area contributed by atoms with Crippen molar-refractivity contribution in [2.45, 2.75) is 20.4 Å². The van der Waals surface area contributed by atoms with Crippen LogP contribution in [-0.2, 0) is 11.3 Å². The van der Waals surface area contributed by atoms with E-state index >= 15 is 0 Å². The first-order valence-corrected chi connectivity index (χ1v) is 9.72. The summed E-state index contributed by atoms with van der Waals surface area (Å²) >= 11 is 3.40. The summed E-state index contributed by atoms with van der Waals surface area (Å²) in [5.74, 6) is -0.211. The fourth-order valence-electron chi connectivity index (χ4n) is 2.79. The molecule has 3 aromatic rings. The molecule has 6 nitrogen and oxygen atoms in total. The van der Waals surface area contributed by atoms with Crippen molar-refractivity contribution in [2.24, 2.45) is 0 Å². The third kappa shape index (κ3) is 4.86. The van der Waals surface area contributed by atoms with Crippen LogP contribution in [0.3, 0.4) is 0 Å². The third-order valence-electron chi connectivity index (χ3n) is 4.32. The van der Waals surface area contributed by atoms with E-state index in [1.54, 1.807) is 22.7 Å². The van der Waals surface area contributed by atoms with Crippen LogP contribution >= 0.6 is 15.9 Å². The largest absolute Gasteiger partial charge is 0.339 e. The lowest BCUT2D eigenvalue weighted by molar-refractivity contribution is -0.129. The highest BCUT2D eigenvalue weighted by molar-refractivity contribution is 9.10. The van der Waals surface area contributed by atoms with E-state index in [1.165, 1.54) is 6.20 Å². The first-order chi connectivity index (χ1) is 13.5. The molecule has 28 heavy (non-hydrogen) atoms. The Bertz CT molecular complexity index is 982. The Balaban J connectivity index is 1.70. The molecule has 2 aromatic carbocycles. The average molecular weight is 441 g/mol. The predicted octanol–water partition coefficient (Wildman–Crippen LogP) is 4.26. The quantitative estimate of drug-likeness (QED) is 0.622. The topological polar surface area (TPSA) is 67.2 Å². The second-order valence-electron chi connectivity index (χ2n) is 6.34. The van der Waals surface area contributed by atoms with E-state index in [0.717, 1.165) is 15.7 Å². The molecule has 0 unspecified atom stereocenters. The number of hydrogen-bond donors (Lipinski definition) is 1. The molecule has 7 heteroatoms. The normalized spacial score (nSPS) is 10.5. The number of aromatic nitrogens is 2. The summed E-state index contributed by atoms with van der Waals surface area (Å²) in [6.45, 7) is 4.65. The van der Waals surface area contributed by atoms with Crippen LogP contribution in [0.5, 0.6) is 0 Å². The van der Waals surface area contributed by atoms with Crippen molar-refractivity contribution in [1.82, 2.24) is 14.7 Å². The van der Waals surface area contributed by atoms with E-state index in [4.69, 9.17) is 0 Å². The van der Waals surface area contributed by atoms with Gasteiger partial charge in [0, 0.05) is 36.4 Å². The van der Waals surface area contributed by atoms with Crippen molar-refractivity contribution in [2.75, 3.05) is 11.9 Å². The first-order valence-electron chi connectivity index (χ1n) is 8.92. The van der Waals surface area contributed by atoms with Crippen molar-refractivity contribution in [1.29, 1.82) is 0 Å². The minimum atomic E-state index is -0.237. The lowest BCUT2D eigenvalue weighted by atomic mass is 10.1. The summed E-state index contributed by atoms with van der Waals surface area (Å²) in [4.78, 5) is 25.9. The van der Waals surface area contributed by atoms with E-state index in [9.17, 15) is 9.59 Å². The maximum Gasteiger partial charge on any atom is 0.258 e. The minimum Gasteiger partial charge on any atom is -0.339 e. The fourth-order valence-corrected chi connectivity index (χ4v) is 3.06. The van der Waals surface area contributed by atoms with Gasteiger partial charge < -0.3 is 10.2 Å². The van der Waals surface area contributed by atoms with Gasteiger partial charge >= 0.3 is 0 Å². The van der Waals surface area contributed by atoms with E-state index in [-0.39, 0.29) is 11.8 Å². The lowest BCUT2D eigenvalue weighted by Crippen LogP contribution is -2.27. The van der Waals surface area contributed by atoms with Crippen LogP contribution in [0.25, 0.3) is 5.69 Å². The summed E-state index contributed by atoms with van der Waals surface area (Å²) < 4.78 is 2.64. The van der Waals surface area contributed by atoms with Crippen LogP contribution in [0.2, 0.25) is 0 Å². The van der Waals surface area contributed by atoms with Crippen molar-refractivity contribution < 1.29 is 9.59 Å². The Hall–Kier alpha value is -2.93. The molecule has 1 aromatic heterocycles. The Kier molecular flexibility index (Phi) is 6.26. The summed E-state index contributed by atoms with van der Waals surface area (Å²) in [6, 6.07) is 15.2. The number of carbonyl (C=O) groups excluding carboxylic acids is 2. The number of anilines is 1. The molecule has 3 rings (SSSR count). The molecule has 0 saturated carbocycles. The fraction of sp³-hybridized carbons (Fsp3) is 0.190. The molecule has 1 N–H and O–H groups in total. The Morgan fingerprint density at radius 3 is 2.61 bits per heavy atom. The highest BCUT2D eigenvalue weighted by Crippen LogP contribution is 2.16. The van der Waals surface area contributed by atoms with E-state index in [0.29, 0.717) is 24.3 Å². The van der Waals surface area contributed by atoms with Gasteiger partial charge in [-0.05, 0) is 48.9 Å². The third-order valence-corrected chi connectivity index (χ3v) is 4.85. The van der Waals surface area contributed by atoms with Crippen LogP contribution in [-0.4, -0.2) is 33.0 Å². The van der Waals surface area contributed by atoms with Gasteiger partial charge in [-0.2, -0.15) is 5.10 Å². The number of halogens is 1. The molecular weight excluding hydrogens is 420 g/mol. The number of nitrogens with zero attached hydrogens (tertiary/aromatic N) is 3. The van der Waals surface area contributed by atoms with Gasteiger partial charge in [-0.3, -0.25) is 9.59 Å². The van der Waals surface area contributed by atoms with E-state index in [2.05, 4.69) is 26.3 Å². The SMILES string of the molecule is CCN(Cc1cccc(NC(=O)c2cnn(-c3ccc(Br)cc3)c2)c1)C(C)=O. The standard InChI is InChI=1S/C21H21BrN4O2/c1-3-25(15(2)27)13-16-5-4-6-19(11-16)24-21(28)17-12-23-26(14-17)20-9-7-18(22)8-10-20/h4-12,14H,3,13H2,1-2H3,(H,24,28). The molecule has 0 atom stereocenters. The zero-order chi connectivity index (χ0) is 20.1. The molecule has 0 aliphatic carbocycles. The van der Waals surface area contributed by atoms with Crippen LogP contribution in [0.1, 0.15) is 29.8 Å². The van der Waals surface area contributed by atoms with Gasteiger partial charge in [0.05, 0.1) is 17.4 Å². The van der Waals surface area contributed by atoms with Gasteiger partial charge in [0.2, 0.25) is 5.91 Å². The highest BCUT2D eigenvalue weighted by atomic mass is 79.9. The average Bonchev–Trinajstić information content (AvgIpc) is 3.17. The Morgan fingerprint density at radius 1 is 1.18 bits per heavy atom. The van der Waals surface area contributed by atoms with Gasteiger partial charge in [0.1, 0.15) is 0 Å². The van der Waals surface area contributed by atoms with Crippen LogP contribution < -0.4 is 5.32 Å². The zero-order valence-electron chi connectivity index (χ0n) is 15.7. The summed E-state index contributed by atoms with van der Waals surface area (Å²) in [6.07, 6.45) is 3.23. The molecule has 0 bridgehead atoms. The van der Waals surface area contributed by atoms with Crippen molar-refractivity contribution in [3.63, 3.8) is 0 Å². The summed E-state index contributed by atoms with van der Waals surface area (Å²) in [5, 5.41) is 7.15. The number of hydrogen-bond acceptors (Lipinski definition) is 3. The molecule has 2 amide bonds. The molecule has 0 aliphatic rings. The number of rotatable bonds is 6. The van der Waals surface area contributed by atoms with Crippen LogP contribution in [0.15, 0.2) is 65.4 Å². The lowest BCUT2D eigenvalue weighted by Gasteiger charge is -2.19. The summed E-state index contributed by atoms with van der Waals surface area (Å²) in [7, 11) is 0. The Labute approximate surface area is 172 Å². The second kappa shape index (κ2) is 8.84. The Morgan fingerprint density at radius 2 is 1.93 bits per heavy atom. The van der Waals surface area contributed by atoms with Crippen LogP contribution in [0.4, 0.5) is 5.69 Å². The zero-order valence-corrected chi connectivity index (χ0v) is 17.3. The van der Waals surface area contributed by atoms with Crippen LogP contribution in [0, 0.1) is 0 Å². The number of benzene rings is 2. The maximum atomic E-state index is 12.6. The maximum absolute atomic E-state index is 12.6. The molecule has 144 valence electrons.